The largest absolute Gasteiger partial charge is 0.478 e. The molecule has 0 spiro atoms. The Hall–Kier alpha value is -2.69. The third-order valence-electron chi connectivity index (χ3n) is 2.95. The highest BCUT2D eigenvalue weighted by atomic mass is 19.1. The maximum absolute atomic E-state index is 13.6. The van der Waals surface area contributed by atoms with Gasteiger partial charge in [0.15, 0.2) is 0 Å². The number of nitrogens with one attached hydrogen (secondary N) is 1. The van der Waals surface area contributed by atoms with E-state index in [9.17, 15) is 9.18 Å². The smallest absolute Gasteiger partial charge is 0.337 e. The summed E-state index contributed by atoms with van der Waals surface area (Å²) in [6, 6.07) is 7.88. The van der Waals surface area contributed by atoms with Gasteiger partial charge in [0.05, 0.1) is 16.8 Å². The first-order chi connectivity index (χ1) is 9.16. The SMILES string of the molecule is O=C(O)c1ccc(-c2c[nH]c3c(F)cccc23)nc1. The number of nitrogens with zero attached hydrogens (tertiary/aromatic N) is 1. The van der Waals surface area contributed by atoms with E-state index in [0.29, 0.717) is 11.2 Å². The van der Waals surface area contributed by atoms with Crippen molar-refractivity contribution < 1.29 is 14.3 Å². The average Bonchev–Trinajstić information content (AvgIpc) is 2.84. The lowest BCUT2D eigenvalue weighted by atomic mass is 10.1. The van der Waals surface area contributed by atoms with Gasteiger partial charge in [0.1, 0.15) is 5.82 Å². The number of aromatic carboxylic acids is 1. The van der Waals surface area contributed by atoms with Gasteiger partial charge in [0.2, 0.25) is 0 Å². The number of carbonyl (C=O) groups is 1. The minimum atomic E-state index is -1.02. The van der Waals surface area contributed by atoms with Crippen molar-refractivity contribution in [3.8, 4) is 11.3 Å². The van der Waals surface area contributed by atoms with Crippen molar-refractivity contribution in [2.75, 3.05) is 0 Å². The van der Waals surface area contributed by atoms with Crippen molar-refractivity contribution in [2.45, 2.75) is 0 Å². The van der Waals surface area contributed by atoms with Crippen molar-refractivity contribution in [1.29, 1.82) is 0 Å². The van der Waals surface area contributed by atoms with Crippen LogP contribution in [-0.4, -0.2) is 21.0 Å². The number of carboxylic acid groups (broad SMARTS) is 1. The predicted molar refractivity (Wildman–Crippen MR) is 68.4 cm³/mol. The van der Waals surface area contributed by atoms with E-state index in [0.717, 1.165) is 10.9 Å². The van der Waals surface area contributed by atoms with Crippen molar-refractivity contribution in [1.82, 2.24) is 9.97 Å². The minimum absolute atomic E-state index is 0.120. The lowest BCUT2D eigenvalue weighted by Gasteiger charge is -2.00. The van der Waals surface area contributed by atoms with Crippen molar-refractivity contribution in [2.24, 2.45) is 0 Å². The second-order valence-electron chi connectivity index (χ2n) is 4.10. The minimum Gasteiger partial charge on any atom is -0.478 e. The van der Waals surface area contributed by atoms with Crippen LogP contribution >= 0.6 is 0 Å². The number of benzene rings is 1. The number of pyridine rings is 1. The van der Waals surface area contributed by atoms with Crippen LogP contribution < -0.4 is 0 Å². The fourth-order valence-electron chi connectivity index (χ4n) is 2.01. The van der Waals surface area contributed by atoms with Crippen molar-refractivity contribution in [3.63, 3.8) is 0 Å². The highest BCUT2D eigenvalue weighted by Crippen LogP contribution is 2.28. The number of rotatable bonds is 2. The van der Waals surface area contributed by atoms with Crippen LogP contribution in [0.4, 0.5) is 4.39 Å². The van der Waals surface area contributed by atoms with E-state index in [1.807, 2.05) is 0 Å². The molecule has 0 aliphatic heterocycles. The van der Waals surface area contributed by atoms with Crippen LogP contribution in [-0.2, 0) is 0 Å². The molecule has 0 aliphatic rings. The van der Waals surface area contributed by atoms with Crippen LogP contribution in [0.25, 0.3) is 22.2 Å². The topological polar surface area (TPSA) is 66.0 Å². The second kappa shape index (κ2) is 4.20. The molecule has 0 saturated carbocycles. The highest BCUT2D eigenvalue weighted by molar-refractivity contribution is 5.95. The molecule has 3 aromatic rings. The van der Waals surface area contributed by atoms with Crippen molar-refractivity contribution >= 4 is 16.9 Å². The zero-order valence-electron chi connectivity index (χ0n) is 9.72. The molecule has 2 aromatic heterocycles. The van der Waals surface area contributed by atoms with E-state index < -0.39 is 5.97 Å². The number of carboxylic acids is 1. The van der Waals surface area contributed by atoms with E-state index in [-0.39, 0.29) is 11.4 Å². The molecule has 0 saturated heterocycles. The predicted octanol–water partition coefficient (Wildman–Crippen LogP) is 3.07. The van der Waals surface area contributed by atoms with Gasteiger partial charge in [0.25, 0.3) is 0 Å². The van der Waals surface area contributed by atoms with Crippen LogP contribution in [0, 0.1) is 5.82 Å². The Morgan fingerprint density at radius 3 is 2.79 bits per heavy atom. The molecule has 0 radical (unpaired) electrons. The summed E-state index contributed by atoms with van der Waals surface area (Å²) in [7, 11) is 0. The first-order valence-electron chi connectivity index (χ1n) is 5.62. The van der Waals surface area contributed by atoms with Crippen LogP contribution in [0.1, 0.15) is 10.4 Å². The highest BCUT2D eigenvalue weighted by Gasteiger charge is 2.10. The number of para-hydroxylation sites is 1. The van der Waals surface area contributed by atoms with E-state index in [1.54, 1.807) is 24.4 Å². The van der Waals surface area contributed by atoms with Gasteiger partial charge >= 0.3 is 5.97 Å². The summed E-state index contributed by atoms with van der Waals surface area (Å²) in [5, 5.41) is 9.54. The molecule has 2 N–H and O–H groups in total. The Balaban J connectivity index is 2.14. The van der Waals surface area contributed by atoms with E-state index in [4.69, 9.17) is 5.11 Å². The summed E-state index contributed by atoms with van der Waals surface area (Å²) in [5.74, 6) is -1.35. The Labute approximate surface area is 107 Å². The molecule has 94 valence electrons. The first-order valence-corrected chi connectivity index (χ1v) is 5.62. The molecule has 0 fully saturated rings. The molecule has 4 nitrogen and oxygen atoms in total. The Kier molecular flexibility index (Phi) is 2.52. The number of hydrogen-bond acceptors (Lipinski definition) is 2. The Morgan fingerprint density at radius 1 is 1.26 bits per heavy atom. The summed E-state index contributed by atoms with van der Waals surface area (Å²) in [6.07, 6.45) is 2.95. The van der Waals surface area contributed by atoms with E-state index in [1.165, 1.54) is 18.3 Å². The molecular weight excluding hydrogens is 247 g/mol. The molecule has 19 heavy (non-hydrogen) atoms. The zero-order valence-corrected chi connectivity index (χ0v) is 9.72. The van der Waals surface area contributed by atoms with Gasteiger partial charge in [-0.2, -0.15) is 0 Å². The fourth-order valence-corrected chi connectivity index (χ4v) is 2.01. The van der Waals surface area contributed by atoms with Crippen LogP contribution in [0.15, 0.2) is 42.7 Å². The number of halogens is 1. The van der Waals surface area contributed by atoms with Crippen molar-refractivity contribution in [3.05, 3.63) is 54.1 Å². The molecule has 0 bridgehead atoms. The fraction of sp³-hybridized carbons (Fsp3) is 0. The number of aromatic nitrogens is 2. The maximum atomic E-state index is 13.6. The molecule has 0 atom stereocenters. The van der Waals surface area contributed by atoms with Crippen LogP contribution in [0.2, 0.25) is 0 Å². The van der Waals surface area contributed by atoms with Crippen LogP contribution in [0.3, 0.4) is 0 Å². The summed E-state index contributed by atoms with van der Waals surface area (Å²) >= 11 is 0. The van der Waals surface area contributed by atoms with Gasteiger partial charge in [-0.15, -0.1) is 0 Å². The second-order valence-corrected chi connectivity index (χ2v) is 4.10. The summed E-state index contributed by atoms with van der Waals surface area (Å²) in [4.78, 5) is 17.7. The van der Waals surface area contributed by atoms with Gasteiger partial charge in [-0.1, -0.05) is 12.1 Å². The van der Waals surface area contributed by atoms with E-state index in [2.05, 4.69) is 9.97 Å². The first kappa shape index (κ1) is 11.4. The van der Waals surface area contributed by atoms with Gasteiger partial charge in [-0.3, -0.25) is 4.98 Å². The van der Waals surface area contributed by atoms with Crippen LogP contribution in [0.5, 0.6) is 0 Å². The molecule has 5 heteroatoms. The van der Waals surface area contributed by atoms with Gasteiger partial charge in [-0.25, -0.2) is 9.18 Å². The summed E-state index contributed by atoms with van der Waals surface area (Å²) in [5.41, 5.74) is 1.88. The van der Waals surface area contributed by atoms with Gasteiger partial charge < -0.3 is 10.1 Å². The monoisotopic (exact) mass is 256 g/mol. The third-order valence-corrected chi connectivity index (χ3v) is 2.95. The third kappa shape index (κ3) is 1.85. The molecule has 1 aromatic carbocycles. The number of fused-ring (bicyclic) bond motifs is 1. The lowest BCUT2D eigenvalue weighted by molar-refractivity contribution is 0.0696. The van der Waals surface area contributed by atoms with E-state index >= 15 is 0 Å². The molecule has 3 rings (SSSR count). The lowest BCUT2D eigenvalue weighted by Crippen LogP contribution is -1.96. The zero-order chi connectivity index (χ0) is 13.4. The number of aromatic amines is 1. The molecule has 0 unspecified atom stereocenters. The van der Waals surface area contributed by atoms with Gasteiger partial charge in [-0.05, 0) is 18.2 Å². The number of hydrogen-bond donors (Lipinski definition) is 2. The molecule has 0 amide bonds. The molecule has 0 aliphatic carbocycles. The average molecular weight is 256 g/mol. The normalized spacial score (nSPS) is 10.8. The standard InChI is InChI=1S/C14H9FN2O2/c15-11-3-1-2-9-10(7-17-13(9)11)12-5-4-8(6-16-12)14(18)19/h1-7,17H,(H,18,19). The molecule has 2 heterocycles. The van der Waals surface area contributed by atoms with Gasteiger partial charge in [0, 0.05) is 23.3 Å². The maximum Gasteiger partial charge on any atom is 0.337 e. The summed E-state index contributed by atoms with van der Waals surface area (Å²) < 4.78 is 13.6. The molecular formula is C14H9FN2O2. The Morgan fingerprint density at radius 2 is 2.11 bits per heavy atom. The Bertz CT molecular complexity index is 763. The quantitative estimate of drug-likeness (QED) is 0.740. The summed E-state index contributed by atoms with van der Waals surface area (Å²) in [6.45, 7) is 0. The number of H-pyrrole nitrogens is 1.